The van der Waals surface area contributed by atoms with Crippen LogP contribution < -0.4 is 0 Å². The molecule has 2 aromatic heterocycles. The van der Waals surface area contributed by atoms with Crippen molar-refractivity contribution in [2.24, 2.45) is 0 Å². The number of benzene rings is 1. The van der Waals surface area contributed by atoms with E-state index < -0.39 is 0 Å². The Kier molecular flexibility index (Phi) is 4.10. The van der Waals surface area contributed by atoms with Crippen LogP contribution in [-0.2, 0) is 4.74 Å². The Hall–Kier alpha value is -2.51. The second-order valence-electron chi connectivity index (χ2n) is 5.47. The van der Waals surface area contributed by atoms with E-state index in [0.717, 1.165) is 5.69 Å². The van der Waals surface area contributed by atoms with Gasteiger partial charge in [-0.15, -0.1) is 0 Å². The number of carbonyl (C=O) groups excluding carboxylic acids is 1. The first-order valence-electron chi connectivity index (χ1n) is 7.71. The van der Waals surface area contributed by atoms with E-state index in [9.17, 15) is 4.79 Å². The lowest BCUT2D eigenvalue weighted by Gasteiger charge is -2.34. The molecule has 1 amide bonds. The highest BCUT2D eigenvalue weighted by Gasteiger charge is 2.33. The van der Waals surface area contributed by atoms with E-state index in [0.29, 0.717) is 31.1 Å². The fourth-order valence-electron chi connectivity index (χ4n) is 2.86. The summed E-state index contributed by atoms with van der Waals surface area (Å²) in [5.41, 5.74) is 1.62. The molecule has 1 fully saturated rings. The minimum atomic E-state index is -0.256. The summed E-state index contributed by atoms with van der Waals surface area (Å²) in [5.74, 6) is 0.719. The van der Waals surface area contributed by atoms with Crippen LogP contribution in [0.5, 0.6) is 0 Å². The van der Waals surface area contributed by atoms with E-state index in [-0.39, 0.29) is 11.9 Å². The summed E-state index contributed by atoms with van der Waals surface area (Å²) in [6.45, 7) is 1.49. The fourth-order valence-corrected chi connectivity index (χ4v) is 3.49. The van der Waals surface area contributed by atoms with Crippen LogP contribution in [0, 0.1) is 0 Å². The highest BCUT2D eigenvalue weighted by atomic mass is 32.1. The van der Waals surface area contributed by atoms with E-state index in [2.05, 4.69) is 10.1 Å². The monoisotopic (exact) mass is 340 g/mol. The van der Waals surface area contributed by atoms with Crippen LogP contribution in [0.25, 0.3) is 5.69 Å². The fraction of sp³-hybridized carbons (Fsp3) is 0.235. The van der Waals surface area contributed by atoms with Crippen LogP contribution >= 0.6 is 11.3 Å². The number of hydrogen-bond donors (Lipinski definition) is 0. The number of morpholine rings is 1. The molecule has 0 saturated carbocycles. The summed E-state index contributed by atoms with van der Waals surface area (Å²) >= 11 is 1.52. The zero-order valence-corrected chi connectivity index (χ0v) is 13.7. The van der Waals surface area contributed by atoms with E-state index in [1.54, 1.807) is 4.68 Å². The summed E-state index contributed by atoms with van der Waals surface area (Å²) in [5, 5.41) is 8.12. The zero-order valence-electron chi connectivity index (χ0n) is 12.9. The Morgan fingerprint density at radius 3 is 2.92 bits per heavy atom. The Balaban J connectivity index is 1.70. The molecule has 1 unspecified atom stereocenters. The van der Waals surface area contributed by atoms with Crippen molar-refractivity contribution in [2.75, 3.05) is 19.8 Å². The first-order chi connectivity index (χ1) is 11.8. The molecule has 0 bridgehead atoms. The molecule has 0 N–H and O–H groups in total. The van der Waals surface area contributed by atoms with Crippen molar-refractivity contribution in [1.82, 2.24) is 19.7 Å². The summed E-state index contributed by atoms with van der Waals surface area (Å²) in [6, 6.07) is 11.4. The van der Waals surface area contributed by atoms with Gasteiger partial charge in [0.15, 0.2) is 5.82 Å². The van der Waals surface area contributed by atoms with E-state index in [1.807, 2.05) is 52.1 Å². The molecule has 4 rings (SSSR count). The molecule has 0 radical (unpaired) electrons. The molecule has 1 aliphatic heterocycles. The molecule has 1 saturated heterocycles. The third-order valence-electron chi connectivity index (χ3n) is 4.03. The molecular formula is C17H16N4O2S. The van der Waals surface area contributed by atoms with Crippen molar-refractivity contribution in [3.8, 4) is 5.69 Å². The van der Waals surface area contributed by atoms with Crippen molar-refractivity contribution >= 4 is 17.2 Å². The van der Waals surface area contributed by atoms with E-state index in [4.69, 9.17) is 4.74 Å². The van der Waals surface area contributed by atoms with Crippen LogP contribution in [-0.4, -0.2) is 45.3 Å². The van der Waals surface area contributed by atoms with Crippen LogP contribution in [0.2, 0.25) is 0 Å². The normalized spacial score (nSPS) is 17.8. The number of rotatable bonds is 3. The van der Waals surface area contributed by atoms with E-state index in [1.165, 1.54) is 17.7 Å². The van der Waals surface area contributed by atoms with Crippen molar-refractivity contribution < 1.29 is 9.53 Å². The SMILES string of the molecule is O=C(c1ccsc1)N1CCOCC1c1ncnn1-c1ccccc1. The second kappa shape index (κ2) is 6.54. The van der Waals surface area contributed by atoms with Gasteiger partial charge in [0.05, 0.1) is 24.5 Å². The summed E-state index contributed by atoms with van der Waals surface area (Å²) < 4.78 is 7.39. The zero-order chi connectivity index (χ0) is 16.4. The van der Waals surface area contributed by atoms with Gasteiger partial charge in [0.2, 0.25) is 0 Å². The van der Waals surface area contributed by atoms with Crippen molar-refractivity contribution in [3.05, 3.63) is 64.9 Å². The van der Waals surface area contributed by atoms with Crippen LogP contribution in [0.3, 0.4) is 0 Å². The highest BCUT2D eigenvalue weighted by molar-refractivity contribution is 7.08. The number of aromatic nitrogens is 3. The van der Waals surface area contributed by atoms with Gasteiger partial charge in [-0.3, -0.25) is 4.79 Å². The third kappa shape index (κ3) is 2.72. The van der Waals surface area contributed by atoms with Gasteiger partial charge >= 0.3 is 0 Å². The van der Waals surface area contributed by atoms with E-state index >= 15 is 0 Å². The smallest absolute Gasteiger partial charge is 0.255 e. The molecule has 1 atom stereocenters. The minimum absolute atomic E-state index is 0.00663. The highest BCUT2D eigenvalue weighted by Crippen LogP contribution is 2.26. The molecule has 24 heavy (non-hydrogen) atoms. The molecule has 6 nitrogen and oxygen atoms in total. The number of nitrogens with zero attached hydrogens (tertiary/aromatic N) is 4. The van der Waals surface area contributed by atoms with Crippen LogP contribution in [0.4, 0.5) is 0 Å². The Labute approximate surface area is 143 Å². The Morgan fingerprint density at radius 1 is 1.25 bits per heavy atom. The molecule has 0 spiro atoms. The quantitative estimate of drug-likeness (QED) is 0.735. The van der Waals surface area contributed by atoms with Gasteiger partial charge in [0, 0.05) is 11.9 Å². The van der Waals surface area contributed by atoms with Crippen molar-refractivity contribution in [3.63, 3.8) is 0 Å². The molecule has 7 heteroatoms. The lowest BCUT2D eigenvalue weighted by Crippen LogP contribution is -2.44. The third-order valence-corrected chi connectivity index (χ3v) is 4.71. The number of ether oxygens (including phenoxy) is 1. The number of thiophene rings is 1. The molecular weight excluding hydrogens is 324 g/mol. The van der Waals surface area contributed by atoms with Gasteiger partial charge in [-0.2, -0.15) is 16.4 Å². The average Bonchev–Trinajstić information content (AvgIpc) is 3.33. The maximum absolute atomic E-state index is 12.8. The first kappa shape index (κ1) is 15.0. The molecule has 1 aliphatic rings. The molecule has 1 aromatic carbocycles. The van der Waals surface area contributed by atoms with Gasteiger partial charge in [-0.1, -0.05) is 18.2 Å². The number of para-hydroxylation sites is 1. The van der Waals surface area contributed by atoms with Crippen molar-refractivity contribution in [2.45, 2.75) is 6.04 Å². The lowest BCUT2D eigenvalue weighted by atomic mass is 10.1. The largest absolute Gasteiger partial charge is 0.377 e. The maximum atomic E-state index is 12.8. The first-order valence-corrected chi connectivity index (χ1v) is 8.65. The van der Waals surface area contributed by atoms with Gasteiger partial charge < -0.3 is 9.64 Å². The molecule has 122 valence electrons. The molecule has 0 aliphatic carbocycles. The van der Waals surface area contributed by atoms with Gasteiger partial charge in [-0.25, -0.2) is 9.67 Å². The Bertz CT molecular complexity index is 816. The average molecular weight is 340 g/mol. The summed E-state index contributed by atoms with van der Waals surface area (Å²) in [7, 11) is 0. The Morgan fingerprint density at radius 2 is 2.12 bits per heavy atom. The van der Waals surface area contributed by atoms with Crippen LogP contribution in [0.15, 0.2) is 53.5 Å². The van der Waals surface area contributed by atoms with Crippen molar-refractivity contribution in [1.29, 1.82) is 0 Å². The minimum Gasteiger partial charge on any atom is -0.377 e. The molecule has 3 heterocycles. The standard InChI is InChI=1S/C17H16N4O2S/c22-17(13-6-9-24-11-13)20-7-8-23-10-15(20)16-18-12-19-21(16)14-4-2-1-3-5-14/h1-6,9,11-12,15H,7-8,10H2. The van der Waals surface area contributed by atoms with Crippen LogP contribution in [0.1, 0.15) is 22.2 Å². The lowest BCUT2D eigenvalue weighted by molar-refractivity contribution is -0.00576. The predicted molar refractivity (Wildman–Crippen MR) is 90.3 cm³/mol. The number of hydrogen-bond acceptors (Lipinski definition) is 5. The van der Waals surface area contributed by atoms with Gasteiger partial charge in [0.25, 0.3) is 5.91 Å². The maximum Gasteiger partial charge on any atom is 0.255 e. The number of amides is 1. The number of carbonyl (C=O) groups is 1. The predicted octanol–water partition coefficient (Wildman–Crippen LogP) is 2.54. The topological polar surface area (TPSA) is 60.3 Å². The molecule has 3 aromatic rings. The second-order valence-corrected chi connectivity index (χ2v) is 6.25. The van der Waals surface area contributed by atoms with Gasteiger partial charge in [-0.05, 0) is 23.6 Å². The summed E-state index contributed by atoms with van der Waals surface area (Å²) in [4.78, 5) is 19.1. The summed E-state index contributed by atoms with van der Waals surface area (Å²) in [6.07, 6.45) is 1.52. The van der Waals surface area contributed by atoms with Gasteiger partial charge in [0.1, 0.15) is 12.4 Å².